The van der Waals surface area contributed by atoms with Gasteiger partial charge < -0.3 is 5.32 Å². The Kier molecular flexibility index (Phi) is 6.88. The number of fused-ring (bicyclic) bond motifs is 3. The fourth-order valence-corrected chi connectivity index (χ4v) is 6.15. The lowest BCUT2D eigenvalue weighted by Gasteiger charge is -2.24. The van der Waals surface area contributed by atoms with Crippen molar-refractivity contribution >= 4 is 27.5 Å². The second kappa shape index (κ2) is 9.60. The van der Waals surface area contributed by atoms with Crippen LogP contribution < -0.4 is 10.9 Å². The Hall–Kier alpha value is -1.73. The summed E-state index contributed by atoms with van der Waals surface area (Å²) in [5, 5.41) is 3.94. The SMILES string of the molecule is CCN(CC)Cc1nc2sc3c(c2c(=O)n1CC(=O)NC1CCCCC1)CCCC3. The van der Waals surface area contributed by atoms with Crippen LogP contribution in [0.15, 0.2) is 4.79 Å². The maximum absolute atomic E-state index is 13.6. The van der Waals surface area contributed by atoms with Gasteiger partial charge in [0, 0.05) is 10.9 Å². The number of hydrogen-bond donors (Lipinski definition) is 1. The Balaban J connectivity index is 1.69. The van der Waals surface area contributed by atoms with Crippen LogP contribution in [0.1, 0.15) is 75.1 Å². The number of aromatic nitrogens is 2. The van der Waals surface area contributed by atoms with Crippen molar-refractivity contribution < 1.29 is 4.79 Å². The number of hydrogen-bond acceptors (Lipinski definition) is 5. The molecule has 0 spiro atoms. The first-order valence-electron chi connectivity index (χ1n) is 11.7. The largest absolute Gasteiger partial charge is 0.352 e. The van der Waals surface area contributed by atoms with Gasteiger partial charge in [0.05, 0.1) is 11.9 Å². The average Bonchev–Trinajstić information content (AvgIpc) is 3.13. The van der Waals surface area contributed by atoms with Crippen molar-refractivity contribution in [2.24, 2.45) is 0 Å². The molecular weight excluding hydrogens is 396 g/mol. The first-order valence-corrected chi connectivity index (χ1v) is 12.5. The molecule has 1 amide bonds. The van der Waals surface area contributed by atoms with Gasteiger partial charge >= 0.3 is 0 Å². The summed E-state index contributed by atoms with van der Waals surface area (Å²) >= 11 is 1.68. The van der Waals surface area contributed by atoms with Crippen molar-refractivity contribution in [2.75, 3.05) is 13.1 Å². The molecule has 0 atom stereocenters. The molecule has 164 valence electrons. The summed E-state index contributed by atoms with van der Waals surface area (Å²) in [6, 6.07) is 0.249. The summed E-state index contributed by atoms with van der Waals surface area (Å²) in [5.74, 6) is 0.656. The van der Waals surface area contributed by atoms with Crippen molar-refractivity contribution in [3.63, 3.8) is 0 Å². The molecule has 0 radical (unpaired) electrons. The van der Waals surface area contributed by atoms with Crippen molar-refractivity contribution in [3.05, 3.63) is 26.6 Å². The predicted molar refractivity (Wildman–Crippen MR) is 122 cm³/mol. The highest BCUT2D eigenvalue weighted by Gasteiger charge is 2.24. The molecule has 2 aliphatic carbocycles. The van der Waals surface area contributed by atoms with Gasteiger partial charge in [0.15, 0.2) is 0 Å². The molecule has 1 fully saturated rings. The number of carbonyl (C=O) groups excluding carboxylic acids is 1. The lowest BCUT2D eigenvalue weighted by molar-refractivity contribution is -0.122. The maximum Gasteiger partial charge on any atom is 0.263 e. The third-order valence-corrected chi connectivity index (χ3v) is 7.87. The van der Waals surface area contributed by atoms with Gasteiger partial charge in [-0.3, -0.25) is 19.1 Å². The molecule has 0 bridgehead atoms. The number of thiophene rings is 1. The second-order valence-electron chi connectivity index (χ2n) is 8.67. The Morgan fingerprint density at radius 2 is 1.87 bits per heavy atom. The van der Waals surface area contributed by atoms with E-state index in [1.807, 2.05) is 0 Å². The van der Waals surface area contributed by atoms with Crippen molar-refractivity contribution in [1.29, 1.82) is 0 Å². The van der Waals surface area contributed by atoms with Crippen LogP contribution >= 0.6 is 11.3 Å². The van der Waals surface area contributed by atoms with Gasteiger partial charge in [-0.2, -0.15) is 0 Å². The van der Waals surface area contributed by atoms with Gasteiger partial charge in [-0.25, -0.2) is 4.98 Å². The minimum Gasteiger partial charge on any atom is -0.352 e. The third-order valence-electron chi connectivity index (χ3n) is 6.69. The summed E-state index contributed by atoms with van der Waals surface area (Å²) in [6.45, 7) is 6.67. The highest BCUT2D eigenvalue weighted by Crippen LogP contribution is 2.33. The molecule has 7 heteroatoms. The summed E-state index contributed by atoms with van der Waals surface area (Å²) in [6.07, 6.45) is 10.00. The van der Waals surface area contributed by atoms with Crippen LogP contribution in [-0.4, -0.2) is 39.5 Å². The van der Waals surface area contributed by atoms with Crippen LogP contribution in [0.2, 0.25) is 0 Å². The molecule has 2 aliphatic rings. The molecule has 0 unspecified atom stereocenters. The normalized spacial score (nSPS) is 17.4. The minimum absolute atomic E-state index is 0.0275. The van der Waals surface area contributed by atoms with Gasteiger partial charge in [0.2, 0.25) is 5.91 Å². The smallest absolute Gasteiger partial charge is 0.263 e. The van der Waals surface area contributed by atoms with E-state index in [0.717, 1.165) is 55.4 Å². The van der Waals surface area contributed by atoms with E-state index in [1.165, 1.54) is 36.1 Å². The summed E-state index contributed by atoms with van der Waals surface area (Å²) in [4.78, 5) is 35.8. The van der Waals surface area contributed by atoms with E-state index >= 15 is 0 Å². The molecule has 2 heterocycles. The topological polar surface area (TPSA) is 67.2 Å². The van der Waals surface area contributed by atoms with Crippen LogP contribution in [0, 0.1) is 0 Å². The van der Waals surface area contributed by atoms with Crippen molar-refractivity contribution in [1.82, 2.24) is 19.8 Å². The maximum atomic E-state index is 13.6. The zero-order valence-electron chi connectivity index (χ0n) is 18.3. The summed E-state index contributed by atoms with van der Waals surface area (Å²) in [5.41, 5.74) is 1.16. The fraction of sp³-hybridized carbons (Fsp3) is 0.696. The highest BCUT2D eigenvalue weighted by molar-refractivity contribution is 7.18. The van der Waals surface area contributed by atoms with E-state index in [1.54, 1.807) is 15.9 Å². The molecule has 2 aromatic rings. The second-order valence-corrected chi connectivity index (χ2v) is 9.76. The fourth-order valence-electron chi connectivity index (χ4n) is 4.88. The van der Waals surface area contributed by atoms with Crippen LogP contribution in [0.4, 0.5) is 0 Å². The molecular formula is C23H34N4O2S. The molecule has 1 saturated carbocycles. The lowest BCUT2D eigenvalue weighted by Crippen LogP contribution is -2.41. The summed E-state index contributed by atoms with van der Waals surface area (Å²) in [7, 11) is 0. The molecule has 4 rings (SSSR count). The Bertz CT molecular complexity index is 954. The Labute approximate surface area is 182 Å². The van der Waals surface area contributed by atoms with E-state index in [4.69, 9.17) is 4.98 Å². The number of rotatable bonds is 7. The van der Waals surface area contributed by atoms with Gasteiger partial charge in [-0.05, 0) is 57.2 Å². The van der Waals surface area contributed by atoms with E-state index in [2.05, 4.69) is 24.1 Å². The molecule has 0 aromatic carbocycles. The third kappa shape index (κ3) is 4.47. The minimum atomic E-state index is -0.0601. The lowest BCUT2D eigenvalue weighted by atomic mass is 9.95. The van der Waals surface area contributed by atoms with Gasteiger partial charge in [-0.1, -0.05) is 33.1 Å². The molecule has 1 N–H and O–H groups in total. The quantitative estimate of drug-likeness (QED) is 0.728. The van der Waals surface area contributed by atoms with Gasteiger partial charge in [0.1, 0.15) is 17.2 Å². The molecule has 0 saturated heterocycles. The number of carbonyl (C=O) groups is 1. The zero-order chi connectivity index (χ0) is 21.1. The van der Waals surface area contributed by atoms with Gasteiger partial charge in [-0.15, -0.1) is 11.3 Å². The first-order chi connectivity index (χ1) is 14.6. The van der Waals surface area contributed by atoms with Crippen molar-refractivity contribution in [3.8, 4) is 0 Å². The molecule has 30 heavy (non-hydrogen) atoms. The predicted octanol–water partition coefficient (Wildman–Crippen LogP) is 3.63. The Morgan fingerprint density at radius 1 is 1.13 bits per heavy atom. The molecule has 0 aliphatic heterocycles. The summed E-state index contributed by atoms with van der Waals surface area (Å²) < 4.78 is 1.65. The van der Waals surface area contributed by atoms with Crippen LogP contribution in [0.5, 0.6) is 0 Å². The van der Waals surface area contributed by atoms with E-state index in [9.17, 15) is 9.59 Å². The molecule has 2 aromatic heterocycles. The van der Waals surface area contributed by atoms with E-state index in [0.29, 0.717) is 12.4 Å². The average molecular weight is 431 g/mol. The standard InChI is InChI=1S/C23H34N4O2S/c1-3-26(4-2)14-19-25-22-21(17-12-8-9-13-18(17)30-22)23(29)27(19)15-20(28)24-16-10-6-5-7-11-16/h16H,3-15H2,1-2H3,(H,24,28). The number of nitrogens with one attached hydrogen (secondary N) is 1. The number of aryl methyl sites for hydroxylation is 2. The van der Waals surface area contributed by atoms with Gasteiger partial charge in [0.25, 0.3) is 5.56 Å². The highest BCUT2D eigenvalue weighted by atomic mass is 32.1. The van der Waals surface area contributed by atoms with E-state index in [-0.39, 0.29) is 24.1 Å². The molecule has 6 nitrogen and oxygen atoms in total. The zero-order valence-corrected chi connectivity index (χ0v) is 19.2. The van der Waals surface area contributed by atoms with Crippen LogP contribution in [0.25, 0.3) is 10.2 Å². The van der Waals surface area contributed by atoms with E-state index < -0.39 is 0 Å². The Morgan fingerprint density at radius 3 is 2.60 bits per heavy atom. The number of amides is 1. The first kappa shape index (κ1) is 21.5. The van der Waals surface area contributed by atoms with Crippen molar-refractivity contribution in [2.45, 2.75) is 90.8 Å². The van der Waals surface area contributed by atoms with Crippen LogP contribution in [0.3, 0.4) is 0 Å². The monoisotopic (exact) mass is 430 g/mol. The van der Waals surface area contributed by atoms with Crippen LogP contribution in [-0.2, 0) is 30.7 Å². The number of nitrogens with zero attached hydrogens (tertiary/aromatic N) is 3.